The van der Waals surface area contributed by atoms with Crippen LogP contribution in [0.15, 0.2) is 36.9 Å². The number of hydrogen-bond acceptors (Lipinski definition) is 1. The Hall–Kier alpha value is -1.29. The van der Waals surface area contributed by atoms with Crippen LogP contribution in [0.4, 0.5) is 13.2 Å². The maximum atomic E-state index is 12.7. The predicted octanol–water partition coefficient (Wildman–Crippen LogP) is 4.97. The van der Waals surface area contributed by atoms with Gasteiger partial charge in [-0.05, 0) is 44.4 Å². The highest BCUT2D eigenvalue weighted by molar-refractivity contribution is 5.26. The molecule has 0 aliphatic rings. The summed E-state index contributed by atoms with van der Waals surface area (Å²) < 4.78 is 38.1. The van der Waals surface area contributed by atoms with Gasteiger partial charge in [0, 0.05) is 6.04 Å². The molecule has 0 spiro atoms. The van der Waals surface area contributed by atoms with Crippen molar-refractivity contribution < 1.29 is 13.2 Å². The highest BCUT2D eigenvalue weighted by atomic mass is 19.4. The second kappa shape index (κ2) is 8.88. The number of alkyl halides is 3. The molecule has 0 aliphatic carbocycles. The van der Waals surface area contributed by atoms with Gasteiger partial charge in [0.15, 0.2) is 0 Å². The van der Waals surface area contributed by atoms with Gasteiger partial charge in [0.25, 0.3) is 0 Å². The lowest BCUT2D eigenvalue weighted by atomic mass is 9.99. The molecule has 1 atom stereocenters. The average molecular weight is 299 g/mol. The number of benzene rings is 1. The zero-order valence-corrected chi connectivity index (χ0v) is 12.5. The highest BCUT2D eigenvalue weighted by Crippen LogP contribution is 2.29. The van der Waals surface area contributed by atoms with Crippen LogP contribution in [-0.2, 0) is 12.6 Å². The molecule has 1 N–H and O–H groups in total. The Labute approximate surface area is 125 Å². The van der Waals surface area contributed by atoms with Crippen LogP contribution in [0.3, 0.4) is 0 Å². The summed E-state index contributed by atoms with van der Waals surface area (Å²) in [4.78, 5) is 0. The molecular weight excluding hydrogens is 275 g/mol. The zero-order valence-electron chi connectivity index (χ0n) is 12.5. The number of hydrogen-bond donors (Lipinski definition) is 1. The molecule has 0 saturated carbocycles. The SMILES string of the molecule is C=CCCCCCC(Cc1cccc(C(F)(F)F)c1)NC. The van der Waals surface area contributed by atoms with Gasteiger partial charge < -0.3 is 5.32 Å². The molecule has 0 fully saturated rings. The molecule has 21 heavy (non-hydrogen) atoms. The number of rotatable bonds is 9. The van der Waals surface area contributed by atoms with Gasteiger partial charge in [-0.25, -0.2) is 0 Å². The second-order valence-electron chi connectivity index (χ2n) is 5.31. The fourth-order valence-electron chi connectivity index (χ4n) is 2.36. The summed E-state index contributed by atoms with van der Waals surface area (Å²) in [6.07, 6.45) is 3.62. The number of halogens is 3. The van der Waals surface area contributed by atoms with E-state index in [1.165, 1.54) is 12.1 Å². The first kappa shape index (κ1) is 17.8. The molecule has 1 unspecified atom stereocenters. The first-order chi connectivity index (χ1) is 9.97. The molecule has 1 aromatic carbocycles. The van der Waals surface area contributed by atoms with Crippen molar-refractivity contribution in [3.63, 3.8) is 0 Å². The monoisotopic (exact) mass is 299 g/mol. The zero-order chi connectivity index (χ0) is 15.7. The highest BCUT2D eigenvalue weighted by Gasteiger charge is 2.30. The Balaban J connectivity index is 2.51. The summed E-state index contributed by atoms with van der Waals surface area (Å²) in [7, 11) is 1.86. The minimum Gasteiger partial charge on any atom is -0.317 e. The topological polar surface area (TPSA) is 12.0 Å². The van der Waals surface area contributed by atoms with Gasteiger partial charge in [0.05, 0.1) is 5.56 Å². The van der Waals surface area contributed by atoms with Gasteiger partial charge >= 0.3 is 6.18 Å². The number of allylic oxidation sites excluding steroid dienone is 1. The van der Waals surface area contributed by atoms with E-state index in [4.69, 9.17) is 0 Å². The molecule has 0 aromatic heterocycles. The Morgan fingerprint density at radius 2 is 2.00 bits per heavy atom. The van der Waals surface area contributed by atoms with Gasteiger partial charge in [0.2, 0.25) is 0 Å². The molecule has 118 valence electrons. The average Bonchev–Trinajstić information content (AvgIpc) is 2.45. The normalized spacial score (nSPS) is 13.1. The molecule has 0 saturated heterocycles. The molecule has 1 rings (SSSR count). The lowest BCUT2D eigenvalue weighted by Crippen LogP contribution is -2.27. The third-order valence-corrected chi connectivity index (χ3v) is 3.61. The lowest BCUT2D eigenvalue weighted by molar-refractivity contribution is -0.137. The summed E-state index contributed by atoms with van der Waals surface area (Å²) in [5, 5.41) is 3.20. The molecule has 0 radical (unpaired) electrons. The second-order valence-corrected chi connectivity index (χ2v) is 5.31. The van der Waals surface area contributed by atoms with Gasteiger partial charge in [-0.1, -0.05) is 37.1 Å². The summed E-state index contributed by atoms with van der Waals surface area (Å²) in [5.74, 6) is 0. The summed E-state index contributed by atoms with van der Waals surface area (Å²) >= 11 is 0. The summed E-state index contributed by atoms with van der Waals surface area (Å²) in [6, 6.07) is 5.83. The smallest absolute Gasteiger partial charge is 0.317 e. The minimum atomic E-state index is -4.27. The van der Waals surface area contributed by atoms with E-state index in [2.05, 4.69) is 11.9 Å². The number of nitrogens with one attached hydrogen (secondary N) is 1. The lowest BCUT2D eigenvalue weighted by Gasteiger charge is -2.17. The fourth-order valence-corrected chi connectivity index (χ4v) is 2.36. The van der Waals surface area contributed by atoms with E-state index >= 15 is 0 Å². The molecule has 1 nitrogen and oxygen atoms in total. The number of likely N-dealkylation sites (N-methyl/N-ethyl adjacent to an activating group) is 1. The van der Waals surface area contributed by atoms with Crippen molar-refractivity contribution in [2.24, 2.45) is 0 Å². The molecule has 1 aromatic rings. The first-order valence-electron chi connectivity index (χ1n) is 7.41. The van der Waals surface area contributed by atoms with Crippen LogP contribution in [-0.4, -0.2) is 13.1 Å². The maximum Gasteiger partial charge on any atom is 0.416 e. The van der Waals surface area contributed by atoms with Gasteiger partial charge in [-0.3, -0.25) is 0 Å². The third kappa shape index (κ3) is 6.80. The molecule has 4 heteroatoms. The van der Waals surface area contributed by atoms with Crippen molar-refractivity contribution in [3.8, 4) is 0 Å². The molecule has 0 bridgehead atoms. The van der Waals surface area contributed by atoms with Crippen molar-refractivity contribution in [3.05, 3.63) is 48.0 Å². The largest absolute Gasteiger partial charge is 0.416 e. The molecule has 0 amide bonds. The molecule has 0 aliphatic heterocycles. The molecular formula is C17H24F3N. The van der Waals surface area contributed by atoms with Crippen LogP contribution in [0.2, 0.25) is 0 Å². The Morgan fingerprint density at radius 1 is 1.24 bits per heavy atom. The Kier molecular flexibility index (Phi) is 7.51. The van der Waals surface area contributed by atoms with Crippen molar-refractivity contribution in [2.45, 2.75) is 50.7 Å². The van der Waals surface area contributed by atoms with Crippen molar-refractivity contribution in [1.29, 1.82) is 0 Å². The quantitative estimate of drug-likeness (QED) is 0.501. The third-order valence-electron chi connectivity index (χ3n) is 3.61. The first-order valence-corrected chi connectivity index (χ1v) is 7.41. The Bertz CT molecular complexity index is 426. The van der Waals surface area contributed by atoms with E-state index in [-0.39, 0.29) is 6.04 Å². The Morgan fingerprint density at radius 3 is 2.62 bits per heavy atom. The van der Waals surface area contributed by atoms with E-state index < -0.39 is 11.7 Å². The fraction of sp³-hybridized carbons (Fsp3) is 0.529. The minimum absolute atomic E-state index is 0.220. The summed E-state index contributed by atoms with van der Waals surface area (Å²) in [5.41, 5.74) is 0.163. The van der Waals surface area contributed by atoms with Crippen LogP contribution >= 0.6 is 0 Å². The van der Waals surface area contributed by atoms with E-state index in [1.807, 2.05) is 13.1 Å². The van der Waals surface area contributed by atoms with Crippen molar-refractivity contribution >= 4 is 0 Å². The van der Waals surface area contributed by atoms with Gasteiger partial charge in [-0.2, -0.15) is 13.2 Å². The van der Waals surface area contributed by atoms with Crippen LogP contribution < -0.4 is 5.32 Å². The number of unbranched alkanes of at least 4 members (excludes halogenated alkanes) is 3. The van der Waals surface area contributed by atoms with Crippen molar-refractivity contribution in [1.82, 2.24) is 5.32 Å². The predicted molar refractivity (Wildman–Crippen MR) is 81.3 cm³/mol. The summed E-state index contributed by atoms with van der Waals surface area (Å²) in [6.45, 7) is 3.69. The van der Waals surface area contributed by atoms with Crippen LogP contribution in [0.5, 0.6) is 0 Å². The van der Waals surface area contributed by atoms with E-state index in [9.17, 15) is 13.2 Å². The maximum absolute atomic E-state index is 12.7. The van der Waals surface area contributed by atoms with Gasteiger partial charge in [-0.15, -0.1) is 6.58 Å². The van der Waals surface area contributed by atoms with Crippen LogP contribution in [0.25, 0.3) is 0 Å². The molecule has 0 heterocycles. The van der Waals surface area contributed by atoms with E-state index in [0.29, 0.717) is 6.42 Å². The van der Waals surface area contributed by atoms with Crippen molar-refractivity contribution in [2.75, 3.05) is 7.05 Å². The standard InChI is InChI=1S/C17H24F3N/c1-3-4-5-6-7-11-16(21-2)13-14-9-8-10-15(12-14)17(18,19)20/h3,8-10,12,16,21H,1,4-7,11,13H2,2H3. The van der Waals surface area contributed by atoms with Crippen LogP contribution in [0, 0.1) is 0 Å². The van der Waals surface area contributed by atoms with E-state index in [1.54, 1.807) is 6.07 Å². The van der Waals surface area contributed by atoms with Crippen LogP contribution in [0.1, 0.15) is 43.2 Å². The van der Waals surface area contributed by atoms with Gasteiger partial charge in [0.1, 0.15) is 0 Å². The van der Waals surface area contributed by atoms with E-state index in [0.717, 1.165) is 43.7 Å².